The van der Waals surface area contributed by atoms with Gasteiger partial charge in [0, 0.05) is 26.1 Å². The molecule has 2 rings (SSSR count). The van der Waals surface area contributed by atoms with E-state index in [0.29, 0.717) is 18.9 Å². The predicted octanol–water partition coefficient (Wildman–Crippen LogP) is 2.06. The zero-order chi connectivity index (χ0) is 18.2. The van der Waals surface area contributed by atoms with Gasteiger partial charge in [0.25, 0.3) is 0 Å². The number of carbonyl (C=O) groups excluding carboxylic acids is 1. The Morgan fingerprint density at radius 1 is 1.48 bits per heavy atom. The Kier molecular flexibility index (Phi) is 7.10. The molecule has 1 aromatic carbocycles. The summed E-state index contributed by atoms with van der Waals surface area (Å²) in [4.78, 5) is 18.3. The predicted molar refractivity (Wildman–Crippen MR) is 101 cm³/mol. The van der Waals surface area contributed by atoms with Crippen molar-refractivity contribution in [2.45, 2.75) is 39.7 Å². The van der Waals surface area contributed by atoms with E-state index in [1.54, 1.807) is 7.11 Å². The molecule has 138 valence electrons. The highest BCUT2D eigenvalue weighted by molar-refractivity contribution is 5.80. The lowest BCUT2D eigenvalue weighted by Gasteiger charge is -2.34. The molecule has 6 heteroatoms. The summed E-state index contributed by atoms with van der Waals surface area (Å²) >= 11 is 0. The lowest BCUT2D eigenvalue weighted by molar-refractivity contribution is -0.119. The molecule has 25 heavy (non-hydrogen) atoms. The minimum absolute atomic E-state index is 0.220. The van der Waals surface area contributed by atoms with Crippen LogP contribution in [-0.4, -0.2) is 43.5 Å². The fourth-order valence-electron chi connectivity index (χ4n) is 3.34. The number of guanidine groups is 1. The smallest absolute Gasteiger partial charge is 0.217 e. The Morgan fingerprint density at radius 2 is 2.28 bits per heavy atom. The van der Waals surface area contributed by atoms with Crippen LogP contribution in [-0.2, 0) is 11.3 Å². The molecule has 1 fully saturated rings. The van der Waals surface area contributed by atoms with Crippen LogP contribution in [0.5, 0.6) is 5.75 Å². The van der Waals surface area contributed by atoms with Gasteiger partial charge in [-0.2, -0.15) is 0 Å². The summed E-state index contributed by atoms with van der Waals surface area (Å²) in [6, 6.07) is 6.14. The van der Waals surface area contributed by atoms with Gasteiger partial charge in [-0.25, -0.2) is 4.99 Å². The molecule has 1 amide bonds. The molecule has 1 heterocycles. The number of nitrogens with two attached hydrogens (primary N) is 1. The molecule has 0 aromatic heterocycles. The summed E-state index contributed by atoms with van der Waals surface area (Å²) in [5.74, 6) is 1.90. The van der Waals surface area contributed by atoms with E-state index in [0.717, 1.165) is 55.3 Å². The SMILES string of the molecule is CCNC(=NCc1ccc(OC)c(C)c1)N1CCCC(CC(N)=O)C1. The van der Waals surface area contributed by atoms with Gasteiger partial charge in [0.15, 0.2) is 5.96 Å². The fourth-order valence-corrected chi connectivity index (χ4v) is 3.34. The van der Waals surface area contributed by atoms with Gasteiger partial charge < -0.3 is 20.7 Å². The molecule has 1 atom stereocenters. The van der Waals surface area contributed by atoms with Gasteiger partial charge in [-0.05, 0) is 49.8 Å². The Hall–Kier alpha value is -2.24. The first-order chi connectivity index (χ1) is 12.0. The Morgan fingerprint density at radius 3 is 2.92 bits per heavy atom. The van der Waals surface area contributed by atoms with Crippen molar-refractivity contribution >= 4 is 11.9 Å². The number of primary amides is 1. The molecule has 1 unspecified atom stereocenters. The monoisotopic (exact) mass is 346 g/mol. The summed E-state index contributed by atoms with van der Waals surface area (Å²) in [6.07, 6.45) is 2.56. The third kappa shape index (κ3) is 5.66. The number of likely N-dealkylation sites (tertiary alicyclic amines) is 1. The fraction of sp³-hybridized carbons (Fsp3) is 0.579. The molecular formula is C19H30N4O2. The summed E-state index contributed by atoms with van der Waals surface area (Å²) in [5.41, 5.74) is 7.63. The molecule has 0 bridgehead atoms. The molecule has 1 saturated heterocycles. The first-order valence-corrected chi connectivity index (χ1v) is 8.98. The van der Waals surface area contributed by atoms with E-state index in [-0.39, 0.29) is 5.91 Å². The standard InChI is InChI=1S/C19H30N4O2/c1-4-21-19(23-9-5-6-16(13-23)11-18(20)24)22-12-15-7-8-17(25-3)14(2)10-15/h7-8,10,16H,4-6,9,11-13H2,1-3H3,(H2,20,24)(H,21,22). The quantitative estimate of drug-likeness (QED) is 0.610. The number of methoxy groups -OCH3 is 1. The molecule has 1 aliphatic rings. The van der Waals surface area contributed by atoms with Crippen molar-refractivity contribution in [3.05, 3.63) is 29.3 Å². The van der Waals surface area contributed by atoms with Crippen molar-refractivity contribution < 1.29 is 9.53 Å². The largest absolute Gasteiger partial charge is 0.496 e. The number of aliphatic imine (C=N–C) groups is 1. The maximum absolute atomic E-state index is 11.2. The zero-order valence-corrected chi connectivity index (χ0v) is 15.5. The lowest BCUT2D eigenvalue weighted by Crippen LogP contribution is -2.47. The molecule has 6 nitrogen and oxygen atoms in total. The van der Waals surface area contributed by atoms with Crippen LogP contribution in [0.4, 0.5) is 0 Å². The van der Waals surface area contributed by atoms with Gasteiger partial charge in [0.2, 0.25) is 5.91 Å². The summed E-state index contributed by atoms with van der Waals surface area (Å²) < 4.78 is 5.31. The molecule has 0 radical (unpaired) electrons. The number of ether oxygens (including phenoxy) is 1. The average molecular weight is 346 g/mol. The van der Waals surface area contributed by atoms with Gasteiger partial charge in [-0.15, -0.1) is 0 Å². The van der Waals surface area contributed by atoms with Crippen LogP contribution in [0.3, 0.4) is 0 Å². The molecule has 0 saturated carbocycles. The van der Waals surface area contributed by atoms with Crippen LogP contribution in [0.25, 0.3) is 0 Å². The third-order valence-electron chi connectivity index (χ3n) is 4.51. The van der Waals surface area contributed by atoms with E-state index in [2.05, 4.69) is 23.2 Å². The first kappa shape index (κ1) is 19.1. The summed E-state index contributed by atoms with van der Waals surface area (Å²) in [7, 11) is 1.68. The minimum atomic E-state index is -0.220. The first-order valence-electron chi connectivity index (χ1n) is 8.98. The number of amides is 1. The number of benzene rings is 1. The molecular weight excluding hydrogens is 316 g/mol. The number of hydrogen-bond donors (Lipinski definition) is 2. The third-order valence-corrected chi connectivity index (χ3v) is 4.51. The zero-order valence-electron chi connectivity index (χ0n) is 15.5. The van der Waals surface area contributed by atoms with Crippen LogP contribution in [0, 0.1) is 12.8 Å². The minimum Gasteiger partial charge on any atom is -0.496 e. The van der Waals surface area contributed by atoms with E-state index in [1.165, 1.54) is 0 Å². The summed E-state index contributed by atoms with van der Waals surface area (Å²) in [6.45, 7) is 7.33. The number of rotatable bonds is 6. The van der Waals surface area contributed by atoms with Gasteiger partial charge in [-0.3, -0.25) is 4.79 Å². The Balaban J connectivity index is 2.07. The maximum Gasteiger partial charge on any atom is 0.217 e. The topological polar surface area (TPSA) is 80.0 Å². The van der Waals surface area contributed by atoms with E-state index in [4.69, 9.17) is 15.5 Å². The lowest BCUT2D eigenvalue weighted by atomic mass is 9.95. The van der Waals surface area contributed by atoms with Crippen LogP contribution in [0.1, 0.15) is 37.3 Å². The Labute approximate surface area is 150 Å². The number of nitrogens with one attached hydrogen (secondary N) is 1. The van der Waals surface area contributed by atoms with Crippen LogP contribution >= 0.6 is 0 Å². The van der Waals surface area contributed by atoms with Crippen molar-refractivity contribution in [2.75, 3.05) is 26.7 Å². The highest BCUT2D eigenvalue weighted by atomic mass is 16.5. The van der Waals surface area contributed by atoms with E-state index in [9.17, 15) is 4.79 Å². The maximum atomic E-state index is 11.2. The van der Waals surface area contributed by atoms with Gasteiger partial charge in [0.1, 0.15) is 5.75 Å². The normalized spacial score (nSPS) is 18.1. The van der Waals surface area contributed by atoms with Crippen molar-refractivity contribution in [2.24, 2.45) is 16.6 Å². The van der Waals surface area contributed by atoms with Crippen molar-refractivity contribution in [1.29, 1.82) is 0 Å². The van der Waals surface area contributed by atoms with Gasteiger partial charge >= 0.3 is 0 Å². The van der Waals surface area contributed by atoms with Crippen LogP contribution in [0.2, 0.25) is 0 Å². The number of nitrogens with zero attached hydrogens (tertiary/aromatic N) is 2. The number of carbonyl (C=O) groups is 1. The number of aryl methyl sites for hydroxylation is 1. The van der Waals surface area contributed by atoms with Crippen molar-refractivity contribution in [1.82, 2.24) is 10.2 Å². The number of hydrogen-bond acceptors (Lipinski definition) is 3. The van der Waals surface area contributed by atoms with E-state index in [1.807, 2.05) is 19.1 Å². The highest BCUT2D eigenvalue weighted by Gasteiger charge is 2.23. The second kappa shape index (κ2) is 9.30. The van der Waals surface area contributed by atoms with Gasteiger partial charge in [-0.1, -0.05) is 12.1 Å². The molecule has 1 aromatic rings. The Bertz CT molecular complexity index is 615. The van der Waals surface area contributed by atoms with Gasteiger partial charge in [0.05, 0.1) is 13.7 Å². The second-order valence-corrected chi connectivity index (χ2v) is 6.60. The molecule has 3 N–H and O–H groups in total. The molecule has 0 spiro atoms. The average Bonchev–Trinajstić information content (AvgIpc) is 2.58. The molecule has 1 aliphatic heterocycles. The van der Waals surface area contributed by atoms with Crippen LogP contribution in [0.15, 0.2) is 23.2 Å². The van der Waals surface area contributed by atoms with E-state index >= 15 is 0 Å². The number of piperidine rings is 1. The van der Waals surface area contributed by atoms with E-state index < -0.39 is 0 Å². The molecule has 0 aliphatic carbocycles. The van der Waals surface area contributed by atoms with Crippen molar-refractivity contribution in [3.8, 4) is 5.75 Å². The van der Waals surface area contributed by atoms with Crippen LogP contribution < -0.4 is 15.8 Å². The summed E-state index contributed by atoms with van der Waals surface area (Å²) in [5, 5.41) is 3.37. The second-order valence-electron chi connectivity index (χ2n) is 6.60. The van der Waals surface area contributed by atoms with Crippen molar-refractivity contribution in [3.63, 3.8) is 0 Å². The highest BCUT2D eigenvalue weighted by Crippen LogP contribution is 2.21.